The van der Waals surface area contributed by atoms with Crippen LogP contribution < -0.4 is 5.43 Å². The molecule has 0 bridgehead atoms. The van der Waals surface area contributed by atoms with Crippen LogP contribution in [-0.2, 0) is 0 Å². The summed E-state index contributed by atoms with van der Waals surface area (Å²) in [6, 6.07) is 0.456. The number of hydrazone groups is 1. The lowest BCUT2D eigenvalue weighted by molar-refractivity contribution is 0.443. The molecular formula is C6H11ClN2. The van der Waals surface area contributed by atoms with E-state index in [1.165, 1.54) is 0 Å². The molecular weight excluding hydrogens is 136 g/mol. The molecule has 1 N–H and O–H groups in total. The summed E-state index contributed by atoms with van der Waals surface area (Å²) < 4.78 is 0. The average molecular weight is 147 g/mol. The summed E-state index contributed by atoms with van der Waals surface area (Å²) in [5.41, 5.74) is 2.96. The highest BCUT2D eigenvalue weighted by molar-refractivity contribution is 6.65. The van der Waals surface area contributed by atoms with E-state index in [1.54, 1.807) is 0 Å². The van der Waals surface area contributed by atoms with Crippen molar-refractivity contribution in [2.24, 2.45) is 11.0 Å². The number of hydrogen-bond acceptors (Lipinski definition) is 2. The smallest absolute Gasteiger partial charge is 0.128 e. The predicted molar refractivity (Wildman–Crippen MR) is 39.7 cm³/mol. The fraction of sp³-hybridized carbons (Fsp3) is 0.833. The Morgan fingerprint density at radius 2 is 2.44 bits per heavy atom. The van der Waals surface area contributed by atoms with Gasteiger partial charge in [0.15, 0.2) is 0 Å². The van der Waals surface area contributed by atoms with Gasteiger partial charge in [-0.05, 0) is 5.92 Å². The molecule has 1 heterocycles. The normalized spacial score (nSPS) is 26.2. The van der Waals surface area contributed by atoms with Crippen LogP contribution in [0, 0.1) is 5.92 Å². The van der Waals surface area contributed by atoms with E-state index in [-0.39, 0.29) is 0 Å². The monoisotopic (exact) mass is 146 g/mol. The van der Waals surface area contributed by atoms with E-state index in [9.17, 15) is 0 Å². The highest BCUT2D eigenvalue weighted by Gasteiger charge is 2.19. The molecule has 0 spiro atoms. The highest BCUT2D eigenvalue weighted by atomic mass is 35.5. The fourth-order valence-electron chi connectivity index (χ4n) is 0.810. The third-order valence-electron chi connectivity index (χ3n) is 1.54. The van der Waals surface area contributed by atoms with Crippen LogP contribution in [0.4, 0.5) is 0 Å². The van der Waals surface area contributed by atoms with Crippen molar-refractivity contribution in [1.29, 1.82) is 0 Å². The van der Waals surface area contributed by atoms with Gasteiger partial charge in [0.1, 0.15) is 5.17 Å². The van der Waals surface area contributed by atoms with Gasteiger partial charge in [0.25, 0.3) is 0 Å². The Morgan fingerprint density at radius 1 is 1.78 bits per heavy atom. The molecule has 1 rings (SSSR count). The number of hydrogen-bond donors (Lipinski definition) is 1. The van der Waals surface area contributed by atoms with Crippen LogP contribution in [0.15, 0.2) is 5.10 Å². The van der Waals surface area contributed by atoms with Gasteiger partial charge in [0.05, 0.1) is 6.04 Å². The number of halogens is 1. The van der Waals surface area contributed by atoms with Crippen molar-refractivity contribution in [2.75, 3.05) is 0 Å². The van der Waals surface area contributed by atoms with Crippen molar-refractivity contribution in [3.8, 4) is 0 Å². The second-order valence-corrected chi connectivity index (χ2v) is 3.11. The maximum atomic E-state index is 5.64. The average Bonchev–Trinajstić information content (AvgIpc) is 2.14. The lowest BCUT2D eigenvalue weighted by atomic mass is 10.0. The molecule has 1 aliphatic rings. The first kappa shape index (κ1) is 6.87. The molecule has 2 nitrogen and oxygen atoms in total. The number of nitrogens with one attached hydrogen (secondary N) is 1. The van der Waals surface area contributed by atoms with Crippen LogP contribution in [-0.4, -0.2) is 11.2 Å². The Morgan fingerprint density at radius 3 is 2.67 bits per heavy atom. The summed E-state index contributed by atoms with van der Waals surface area (Å²) in [6.45, 7) is 4.31. The molecule has 0 aromatic rings. The molecule has 0 amide bonds. The van der Waals surface area contributed by atoms with Crippen LogP contribution in [0.5, 0.6) is 0 Å². The van der Waals surface area contributed by atoms with E-state index in [1.807, 2.05) is 0 Å². The molecule has 0 aromatic carbocycles. The van der Waals surface area contributed by atoms with Crippen molar-refractivity contribution in [1.82, 2.24) is 5.43 Å². The van der Waals surface area contributed by atoms with Gasteiger partial charge < -0.3 is 5.43 Å². The van der Waals surface area contributed by atoms with Crippen molar-refractivity contribution >= 4 is 16.8 Å². The highest BCUT2D eigenvalue weighted by Crippen LogP contribution is 2.13. The van der Waals surface area contributed by atoms with Crippen molar-refractivity contribution in [3.63, 3.8) is 0 Å². The molecule has 0 fully saturated rings. The van der Waals surface area contributed by atoms with Crippen molar-refractivity contribution in [2.45, 2.75) is 26.3 Å². The Balaban J connectivity index is 2.37. The van der Waals surface area contributed by atoms with Crippen LogP contribution in [0.1, 0.15) is 20.3 Å². The molecule has 3 heteroatoms. The SMILES string of the molecule is CC(C)C1CC(Cl)=NN1. The van der Waals surface area contributed by atoms with Gasteiger partial charge in [0.2, 0.25) is 0 Å². The topological polar surface area (TPSA) is 24.4 Å². The van der Waals surface area contributed by atoms with Crippen LogP contribution in [0.25, 0.3) is 0 Å². The third kappa shape index (κ3) is 1.58. The first-order valence-electron chi connectivity index (χ1n) is 3.17. The second-order valence-electron chi connectivity index (χ2n) is 2.67. The van der Waals surface area contributed by atoms with E-state index >= 15 is 0 Å². The summed E-state index contributed by atoms with van der Waals surface area (Å²) in [7, 11) is 0. The predicted octanol–water partition coefficient (Wildman–Crippen LogP) is 1.56. The minimum atomic E-state index is 0.456. The zero-order chi connectivity index (χ0) is 6.85. The zero-order valence-corrected chi connectivity index (χ0v) is 6.44. The van der Waals surface area contributed by atoms with Gasteiger partial charge in [-0.3, -0.25) is 0 Å². The summed E-state index contributed by atoms with van der Waals surface area (Å²) in [5, 5.41) is 4.57. The standard InChI is InChI=1S/C6H11ClN2/c1-4(2)5-3-6(7)9-8-5/h4-5,8H,3H2,1-2H3. The summed E-state index contributed by atoms with van der Waals surface area (Å²) in [6.07, 6.45) is 0.888. The van der Waals surface area contributed by atoms with Gasteiger partial charge in [-0.1, -0.05) is 25.4 Å². The molecule has 0 aliphatic carbocycles. The molecule has 9 heavy (non-hydrogen) atoms. The Kier molecular flexibility index (Phi) is 1.96. The summed E-state index contributed by atoms with van der Waals surface area (Å²) in [5.74, 6) is 0.616. The minimum absolute atomic E-state index is 0.456. The lowest BCUT2D eigenvalue weighted by Crippen LogP contribution is -2.25. The fourth-order valence-corrected chi connectivity index (χ4v) is 1.03. The third-order valence-corrected chi connectivity index (χ3v) is 1.78. The van der Waals surface area contributed by atoms with E-state index < -0.39 is 0 Å². The van der Waals surface area contributed by atoms with E-state index in [2.05, 4.69) is 24.4 Å². The van der Waals surface area contributed by atoms with Crippen molar-refractivity contribution < 1.29 is 0 Å². The van der Waals surface area contributed by atoms with Crippen LogP contribution in [0.2, 0.25) is 0 Å². The number of rotatable bonds is 1. The van der Waals surface area contributed by atoms with Crippen LogP contribution >= 0.6 is 11.6 Å². The molecule has 52 valence electrons. The van der Waals surface area contributed by atoms with Gasteiger partial charge in [-0.25, -0.2) is 0 Å². The van der Waals surface area contributed by atoms with Crippen molar-refractivity contribution in [3.05, 3.63) is 0 Å². The zero-order valence-electron chi connectivity index (χ0n) is 5.69. The van der Waals surface area contributed by atoms with E-state index in [0.717, 1.165) is 6.42 Å². The summed E-state index contributed by atoms with van der Waals surface area (Å²) in [4.78, 5) is 0. The Bertz CT molecular complexity index is 131. The Labute approximate surface area is 60.3 Å². The maximum Gasteiger partial charge on any atom is 0.128 e. The molecule has 1 unspecified atom stereocenters. The second kappa shape index (κ2) is 2.56. The largest absolute Gasteiger partial charge is 0.305 e. The number of nitrogens with zero attached hydrogens (tertiary/aromatic N) is 1. The van der Waals surface area contributed by atoms with E-state index in [0.29, 0.717) is 17.1 Å². The molecule has 1 aliphatic heterocycles. The van der Waals surface area contributed by atoms with E-state index in [4.69, 9.17) is 11.6 Å². The lowest BCUT2D eigenvalue weighted by Gasteiger charge is -2.12. The first-order valence-corrected chi connectivity index (χ1v) is 3.55. The summed E-state index contributed by atoms with van der Waals surface area (Å²) >= 11 is 5.64. The van der Waals surface area contributed by atoms with Gasteiger partial charge in [-0.2, -0.15) is 5.10 Å². The van der Waals surface area contributed by atoms with Crippen LogP contribution in [0.3, 0.4) is 0 Å². The maximum absolute atomic E-state index is 5.64. The first-order chi connectivity index (χ1) is 4.20. The molecule has 0 radical (unpaired) electrons. The van der Waals surface area contributed by atoms with Gasteiger partial charge in [-0.15, -0.1) is 0 Å². The van der Waals surface area contributed by atoms with Gasteiger partial charge >= 0.3 is 0 Å². The Hall–Kier alpha value is -0.240. The quantitative estimate of drug-likeness (QED) is 0.597. The molecule has 0 saturated heterocycles. The molecule has 1 atom stereocenters. The minimum Gasteiger partial charge on any atom is -0.305 e. The molecule has 0 aromatic heterocycles. The molecule has 0 saturated carbocycles. The van der Waals surface area contributed by atoms with Gasteiger partial charge in [0, 0.05) is 6.42 Å².